The lowest BCUT2D eigenvalue weighted by Crippen LogP contribution is -2.45. The third-order valence-electron chi connectivity index (χ3n) is 3.65. The number of aromatic nitrogens is 2. The van der Waals surface area contributed by atoms with Gasteiger partial charge in [-0.3, -0.25) is 9.58 Å². The zero-order chi connectivity index (χ0) is 12.8. The molecule has 2 atom stereocenters. The first-order valence-corrected chi connectivity index (χ1v) is 6.89. The summed E-state index contributed by atoms with van der Waals surface area (Å²) in [5.74, 6) is 0. The Hall–Kier alpha value is -0.910. The maximum absolute atomic E-state index is 10.1. The number of aliphatic hydroxyl groups is 1. The van der Waals surface area contributed by atoms with E-state index in [-0.39, 0.29) is 6.10 Å². The van der Waals surface area contributed by atoms with Crippen molar-refractivity contribution in [3.8, 4) is 0 Å². The minimum atomic E-state index is -0.358. The largest absolute Gasteiger partial charge is 0.390 e. The van der Waals surface area contributed by atoms with Gasteiger partial charge in [-0.15, -0.1) is 0 Å². The van der Waals surface area contributed by atoms with Gasteiger partial charge in [-0.25, -0.2) is 0 Å². The molecule has 3 N–H and O–H groups in total. The Morgan fingerprint density at radius 3 is 3.00 bits per heavy atom. The number of likely N-dealkylation sites (tertiary alicyclic amines) is 1. The highest BCUT2D eigenvalue weighted by atomic mass is 16.3. The van der Waals surface area contributed by atoms with Crippen molar-refractivity contribution in [1.82, 2.24) is 14.7 Å². The highest BCUT2D eigenvalue weighted by molar-refractivity contribution is 4.81. The second-order valence-corrected chi connectivity index (χ2v) is 5.10. The number of nitrogens with two attached hydrogens (primary N) is 1. The van der Waals surface area contributed by atoms with E-state index in [1.165, 1.54) is 19.3 Å². The first-order valence-electron chi connectivity index (χ1n) is 6.89. The summed E-state index contributed by atoms with van der Waals surface area (Å²) in [7, 11) is 0. The van der Waals surface area contributed by atoms with Gasteiger partial charge in [-0.05, 0) is 38.4 Å². The molecule has 5 heteroatoms. The van der Waals surface area contributed by atoms with Crippen molar-refractivity contribution in [1.29, 1.82) is 0 Å². The normalized spacial score (nSPS) is 23.1. The average Bonchev–Trinajstić information content (AvgIpc) is 2.84. The van der Waals surface area contributed by atoms with Crippen molar-refractivity contribution >= 4 is 0 Å². The van der Waals surface area contributed by atoms with Crippen molar-refractivity contribution < 1.29 is 5.11 Å². The summed E-state index contributed by atoms with van der Waals surface area (Å²) >= 11 is 0. The minimum absolute atomic E-state index is 0.358. The molecule has 5 nitrogen and oxygen atoms in total. The first-order chi connectivity index (χ1) is 8.79. The molecule has 1 fully saturated rings. The second kappa shape index (κ2) is 6.87. The van der Waals surface area contributed by atoms with Gasteiger partial charge in [0.2, 0.25) is 0 Å². The Bertz CT molecular complexity index is 326. The molecular weight excluding hydrogens is 228 g/mol. The number of hydrogen-bond acceptors (Lipinski definition) is 4. The Kier molecular flexibility index (Phi) is 5.16. The lowest BCUT2D eigenvalue weighted by Gasteiger charge is -2.36. The minimum Gasteiger partial charge on any atom is -0.390 e. The zero-order valence-corrected chi connectivity index (χ0v) is 10.9. The topological polar surface area (TPSA) is 67.3 Å². The van der Waals surface area contributed by atoms with Gasteiger partial charge in [-0.2, -0.15) is 5.10 Å². The molecule has 1 aromatic heterocycles. The van der Waals surface area contributed by atoms with Crippen LogP contribution < -0.4 is 5.73 Å². The van der Waals surface area contributed by atoms with Crippen LogP contribution in [0.4, 0.5) is 0 Å². The molecule has 1 aromatic rings. The van der Waals surface area contributed by atoms with Gasteiger partial charge >= 0.3 is 0 Å². The molecule has 0 saturated carbocycles. The Labute approximate surface area is 109 Å². The first kappa shape index (κ1) is 13.5. The quantitative estimate of drug-likeness (QED) is 0.771. The summed E-state index contributed by atoms with van der Waals surface area (Å²) in [4.78, 5) is 2.39. The van der Waals surface area contributed by atoms with E-state index in [1.54, 1.807) is 10.9 Å². The van der Waals surface area contributed by atoms with Crippen molar-refractivity contribution in [2.75, 3.05) is 19.6 Å². The SMILES string of the molecule is NCCC1CCCCN1CC(O)Cn1cccn1. The van der Waals surface area contributed by atoms with Crippen molar-refractivity contribution in [2.24, 2.45) is 5.73 Å². The van der Waals surface area contributed by atoms with Gasteiger partial charge in [0.1, 0.15) is 0 Å². The molecule has 2 rings (SSSR count). The van der Waals surface area contributed by atoms with E-state index in [2.05, 4.69) is 10.00 Å². The van der Waals surface area contributed by atoms with Crippen molar-refractivity contribution in [2.45, 2.75) is 44.4 Å². The van der Waals surface area contributed by atoms with Gasteiger partial charge in [0, 0.05) is 25.0 Å². The smallest absolute Gasteiger partial charge is 0.0862 e. The lowest BCUT2D eigenvalue weighted by atomic mass is 9.99. The summed E-state index contributed by atoms with van der Waals surface area (Å²) in [5, 5.41) is 14.2. The summed E-state index contributed by atoms with van der Waals surface area (Å²) in [5.41, 5.74) is 5.66. The summed E-state index contributed by atoms with van der Waals surface area (Å²) in [6.45, 7) is 3.11. The van der Waals surface area contributed by atoms with Crippen LogP contribution >= 0.6 is 0 Å². The standard InChI is InChI=1S/C13H24N4O/c14-6-5-12-4-1-2-8-16(12)10-13(18)11-17-9-3-7-15-17/h3,7,9,12-13,18H,1-2,4-6,8,10-11,14H2. The molecule has 0 amide bonds. The maximum atomic E-state index is 10.1. The molecule has 102 valence electrons. The molecule has 1 aliphatic rings. The second-order valence-electron chi connectivity index (χ2n) is 5.10. The number of β-amino-alcohol motifs (C(OH)–C–C–N with tert-alkyl or cyclic N) is 1. The van der Waals surface area contributed by atoms with Crippen LogP contribution in [0.3, 0.4) is 0 Å². The van der Waals surface area contributed by atoms with Crippen molar-refractivity contribution in [3.63, 3.8) is 0 Å². The number of aliphatic hydroxyl groups excluding tert-OH is 1. The number of piperidine rings is 1. The van der Waals surface area contributed by atoms with Crippen molar-refractivity contribution in [3.05, 3.63) is 18.5 Å². The maximum Gasteiger partial charge on any atom is 0.0862 e. The Morgan fingerprint density at radius 1 is 1.39 bits per heavy atom. The summed E-state index contributed by atoms with van der Waals surface area (Å²) < 4.78 is 1.78. The molecule has 2 heterocycles. The van der Waals surface area contributed by atoms with E-state index < -0.39 is 0 Å². The summed E-state index contributed by atoms with van der Waals surface area (Å²) in [6, 6.07) is 2.43. The van der Waals surface area contributed by atoms with Crippen LogP contribution in [-0.4, -0.2) is 51.6 Å². The predicted octanol–water partition coefficient (Wildman–Crippen LogP) is 0.447. The molecule has 0 aliphatic carbocycles. The predicted molar refractivity (Wildman–Crippen MR) is 71.1 cm³/mol. The highest BCUT2D eigenvalue weighted by Gasteiger charge is 2.23. The fourth-order valence-electron chi connectivity index (χ4n) is 2.77. The van der Waals surface area contributed by atoms with Gasteiger partial charge < -0.3 is 10.8 Å². The van der Waals surface area contributed by atoms with Crippen LogP contribution in [0.2, 0.25) is 0 Å². The van der Waals surface area contributed by atoms with Gasteiger partial charge in [0.15, 0.2) is 0 Å². The molecule has 0 radical (unpaired) electrons. The van der Waals surface area contributed by atoms with Crippen LogP contribution in [-0.2, 0) is 6.54 Å². The van der Waals surface area contributed by atoms with Crippen LogP contribution in [0.5, 0.6) is 0 Å². The fraction of sp³-hybridized carbons (Fsp3) is 0.769. The molecular formula is C13H24N4O. The third kappa shape index (κ3) is 3.80. The van der Waals surface area contributed by atoms with Crippen LogP contribution in [0.15, 0.2) is 18.5 Å². The van der Waals surface area contributed by atoms with E-state index in [1.807, 2.05) is 12.3 Å². The molecule has 0 bridgehead atoms. The third-order valence-corrected chi connectivity index (χ3v) is 3.65. The molecule has 2 unspecified atom stereocenters. The van der Waals surface area contributed by atoms with Gasteiger partial charge in [0.05, 0.1) is 12.6 Å². The van der Waals surface area contributed by atoms with E-state index in [0.29, 0.717) is 12.6 Å². The van der Waals surface area contributed by atoms with Gasteiger partial charge in [-0.1, -0.05) is 6.42 Å². The Balaban J connectivity index is 1.82. The Morgan fingerprint density at radius 2 is 2.28 bits per heavy atom. The summed E-state index contributed by atoms with van der Waals surface area (Å²) in [6.07, 6.45) is 8.04. The van der Waals surface area contributed by atoms with Crippen LogP contribution in [0.1, 0.15) is 25.7 Å². The lowest BCUT2D eigenvalue weighted by molar-refractivity contribution is 0.0544. The average molecular weight is 252 g/mol. The molecule has 18 heavy (non-hydrogen) atoms. The number of nitrogens with zero attached hydrogens (tertiary/aromatic N) is 3. The van der Waals surface area contributed by atoms with E-state index in [4.69, 9.17) is 5.73 Å². The van der Waals surface area contributed by atoms with Crippen LogP contribution in [0.25, 0.3) is 0 Å². The van der Waals surface area contributed by atoms with E-state index in [9.17, 15) is 5.11 Å². The molecule has 0 spiro atoms. The molecule has 1 aliphatic heterocycles. The molecule has 1 saturated heterocycles. The fourth-order valence-corrected chi connectivity index (χ4v) is 2.77. The molecule has 0 aromatic carbocycles. The monoisotopic (exact) mass is 252 g/mol. The number of hydrogen-bond donors (Lipinski definition) is 2. The van der Waals surface area contributed by atoms with E-state index in [0.717, 1.165) is 26.1 Å². The number of rotatable bonds is 6. The van der Waals surface area contributed by atoms with Crippen LogP contribution in [0, 0.1) is 0 Å². The van der Waals surface area contributed by atoms with Gasteiger partial charge in [0.25, 0.3) is 0 Å². The zero-order valence-electron chi connectivity index (χ0n) is 10.9. The highest BCUT2D eigenvalue weighted by Crippen LogP contribution is 2.19. The van der Waals surface area contributed by atoms with E-state index >= 15 is 0 Å².